The Morgan fingerprint density at radius 1 is 1.29 bits per heavy atom. The molecule has 2 N–H and O–H groups in total. The molecule has 17 heavy (non-hydrogen) atoms. The Bertz CT molecular complexity index is 455. The van der Waals surface area contributed by atoms with Crippen molar-refractivity contribution in [2.75, 3.05) is 10.5 Å². The molecule has 0 aliphatic heterocycles. The van der Waals surface area contributed by atoms with Gasteiger partial charge in [-0.1, -0.05) is 32.0 Å². The second-order valence-corrected chi connectivity index (χ2v) is 6.26. The minimum Gasteiger partial charge on any atom is -0.392 e. The van der Waals surface area contributed by atoms with Gasteiger partial charge in [-0.2, -0.15) is 0 Å². The van der Waals surface area contributed by atoms with Crippen molar-refractivity contribution in [3.63, 3.8) is 0 Å². The number of hydrogen-bond donors (Lipinski definition) is 2. The predicted molar refractivity (Wildman–Crippen MR) is 69.2 cm³/mol. The highest BCUT2D eigenvalue weighted by Gasteiger charge is 2.13. The van der Waals surface area contributed by atoms with Crippen molar-refractivity contribution in [1.82, 2.24) is 0 Å². The van der Waals surface area contributed by atoms with E-state index in [1.165, 1.54) is 0 Å². The first kappa shape index (κ1) is 14.0. The summed E-state index contributed by atoms with van der Waals surface area (Å²) in [5.41, 5.74) is 1.04. The minimum atomic E-state index is -3.32. The highest BCUT2D eigenvalue weighted by molar-refractivity contribution is 7.92. The fourth-order valence-electron chi connectivity index (χ4n) is 1.37. The van der Waals surface area contributed by atoms with Crippen LogP contribution in [0.4, 0.5) is 5.69 Å². The first-order valence-electron chi connectivity index (χ1n) is 5.64. The molecule has 96 valence electrons. The van der Waals surface area contributed by atoms with Crippen LogP contribution in [0, 0.1) is 5.92 Å². The standard InChI is InChI=1S/C12H19NO3S/c1-10(2)7-8-17(15,16)13-12-6-4-3-5-11(12)9-14/h3-6,10,13-14H,7-9H2,1-2H3. The van der Waals surface area contributed by atoms with Crippen LogP contribution < -0.4 is 4.72 Å². The lowest BCUT2D eigenvalue weighted by Gasteiger charge is -2.12. The van der Waals surface area contributed by atoms with E-state index < -0.39 is 10.0 Å². The summed E-state index contributed by atoms with van der Waals surface area (Å²) < 4.78 is 26.1. The van der Waals surface area contributed by atoms with Gasteiger partial charge < -0.3 is 5.11 Å². The second-order valence-electron chi connectivity index (χ2n) is 4.42. The molecule has 0 saturated carbocycles. The van der Waals surface area contributed by atoms with Crippen LogP contribution in [-0.4, -0.2) is 19.3 Å². The zero-order valence-corrected chi connectivity index (χ0v) is 11.0. The highest BCUT2D eigenvalue weighted by Crippen LogP contribution is 2.17. The summed E-state index contributed by atoms with van der Waals surface area (Å²) in [6, 6.07) is 6.84. The minimum absolute atomic E-state index is 0.102. The van der Waals surface area contributed by atoms with E-state index in [2.05, 4.69) is 4.72 Å². The Balaban J connectivity index is 2.76. The van der Waals surface area contributed by atoms with Gasteiger partial charge in [0.15, 0.2) is 0 Å². The molecule has 0 atom stereocenters. The largest absolute Gasteiger partial charge is 0.392 e. The van der Waals surface area contributed by atoms with Gasteiger partial charge in [0.25, 0.3) is 0 Å². The number of rotatable bonds is 6. The van der Waals surface area contributed by atoms with Crippen LogP contribution in [0.2, 0.25) is 0 Å². The van der Waals surface area contributed by atoms with Crippen LogP contribution in [0.25, 0.3) is 0 Å². The first-order valence-corrected chi connectivity index (χ1v) is 7.29. The molecule has 0 spiro atoms. The maximum Gasteiger partial charge on any atom is 0.232 e. The van der Waals surface area contributed by atoms with Gasteiger partial charge in [0.05, 0.1) is 18.0 Å². The Morgan fingerprint density at radius 2 is 1.94 bits per heavy atom. The zero-order chi connectivity index (χ0) is 12.9. The number of sulfonamides is 1. The number of aliphatic hydroxyl groups is 1. The van der Waals surface area contributed by atoms with E-state index in [0.717, 1.165) is 0 Å². The lowest BCUT2D eigenvalue weighted by Crippen LogP contribution is -2.18. The smallest absolute Gasteiger partial charge is 0.232 e. The molecule has 0 heterocycles. The molecule has 0 saturated heterocycles. The summed E-state index contributed by atoms with van der Waals surface area (Å²) >= 11 is 0. The maximum absolute atomic E-state index is 11.8. The monoisotopic (exact) mass is 257 g/mol. The molecule has 1 aromatic rings. The molecule has 0 amide bonds. The molecule has 1 rings (SSSR count). The Morgan fingerprint density at radius 3 is 2.53 bits per heavy atom. The van der Waals surface area contributed by atoms with Gasteiger partial charge in [-0.05, 0) is 18.4 Å². The third-order valence-corrected chi connectivity index (χ3v) is 3.72. The van der Waals surface area contributed by atoms with E-state index >= 15 is 0 Å². The number of benzene rings is 1. The van der Waals surface area contributed by atoms with Crippen LogP contribution in [0.3, 0.4) is 0 Å². The lowest BCUT2D eigenvalue weighted by molar-refractivity contribution is 0.282. The van der Waals surface area contributed by atoms with Gasteiger partial charge in [0.1, 0.15) is 0 Å². The average Bonchev–Trinajstić information content (AvgIpc) is 2.27. The summed E-state index contributed by atoms with van der Waals surface area (Å²) in [5, 5.41) is 9.10. The van der Waals surface area contributed by atoms with E-state index in [0.29, 0.717) is 23.6 Å². The molecule has 0 radical (unpaired) electrons. The van der Waals surface area contributed by atoms with Crippen molar-refractivity contribution in [3.05, 3.63) is 29.8 Å². The van der Waals surface area contributed by atoms with Crippen molar-refractivity contribution in [2.45, 2.75) is 26.9 Å². The third kappa shape index (κ3) is 4.75. The summed E-state index contributed by atoms with van der Waals surface area (Å²) in [4.78, 5) is 0. The molecule has 4 nitrogen and oxygen atoms in total. The van der Waals surface area contributed by atoms with Gasteiger partial charge in [-0.15, -0.1) is 0 Å². The van der Waals surface area contributed by atoms with Crippen LogP contribution in [0.1, 0.15) is 25.8 Å². The fraction of sp³-hybridized carbons (Fsp3) is 0.500. The molecule has 1 aromatic carbocycles. The van der Waals surface area contributed by atoms with Gasteiger partial charge in [-0.3, -0.25) is 4.72 Å². The summed E-state index contributed by atoms with van der Waals surface area (Å²) in [6.45, 7) is 3.79. The van der Waals surface area contributed by atoms with E-state index in [4.69, 9.17) is 5.11 Å². The molecular formula is C12H19NO3S. The fourth-order valence-corrected chi connectivity index (χ4v) is 2.79. The topological polar surface area (TPSA) is 66.4 Å². The third-order valence-electron chi connectivity index (χ3n) is 2.42. The summed E-state index contributed by atoms with van der Waals surface area (Å²) in [6.07, 6.45) is 0.622. The van der Waals surface area contributed by atoms with E-state index in [1.807, 2.05) is 13.8 Å². The van der Waals surface area contributed by atoms with Crippen LogP contribution in [-0.2, 0) is 16.6 Å². The molecular weight excluding hydrogens is 238 g/mol. The zero-order valence-electron chi connectivity index (χ0n) is 10.2. The van der Waals surface area contributed by atoms with Crippen molar-refractivity contribution in [2.24, 2.45) is 5.92 Å². The Kier molecular flexibility index (Phi) is 4.96. The average molecular weight is 257 g/mol. The highest BCUT2D eigenvalue weighted by atomic mass is 32.2. The molecule has 0 fully saturated rings. The number of anilines is 1. The molecule has 0 aliphatic rings. The second kappa shape index (κ2) is 6.02. The molecule has 0 bridgehead atoms. The van der Waals surface area contributed by atoms with Gasteiger partial charge in [0.2, 0.25) is 10.0 Å². The van der Waals surface area contributed by atoms with Crippen molar-refractivity contribution < 1.29 is 13.5 Å². The molecule has 0 unspecified atom stereocenters. The van der Waals surface area contributed by atoms with Crippen LogP contribution in [0.15, 0.2) is 24.3 Å². The lowest BCUT2D eigenvalue weighted by atomic mass is 10.2. The number of para-hydroxylation sites is 1. The van der Waals surface area contributed by atoms with Crippen LogP contribution in [0.5, 0.6) is 0 Å². The molecule has 0 aromatic heterocycles. The predicted octanol–water partition coefficient (Wildman–Crippen LogP) is 1.97. The van der Waals surface area contributed by atoms with E-state index in [1.54, 1.807) is 24.3 Å². The van der Waals surface area contributed by atoms with E-state index in [-0.39, 0.29) is 12.4 Å². The van der Waals surface area contributed by atoms with Gasteiger partial charge >= 0.3 is 0 Å². The first-order chi connectivity index (χ1) is 7.94. The van der Waals surface area contributed by atoms with Crippen molar-refractivity contribution in [1.29, 1.82) is 0 Å². The van der Waals surface area contributed by atoms with Crippen LogP contribution >= 0.6 is 0 Å². The maximum atomic E-state index is 11.8. The number of hydrogen-bond acceptors (Lipinski definition) is 3. The number of nitrogens with one attached hydrogen (secondary N) is 1. The van der Waals surface area contributed by atoms with Gasteiger partial charge in [-0.25, -0.2) is 8.42 Å². The van der Waals surface area contributed by atoms with Crippen molar-refractivity contribution in [3.8, 4) is 0 Å². The normalized spacial score (nSPS) is 11.8. The summed E-state index contributed by atoms with van der Waals surface area (Å²) in [7, 11) is -3.32. The number of aliphatic hydroxyl groups excluding tert-OH is 1. The quantitative estimate of drug-likeness (QED) is 0.818. The SMILES string of the molecule is CC(C)CCS(=O)(=O)Nc1ccccc1CO. The molecule has 5 heteroatoms. The Labute approximate surface area is 103 Å². The molecule has 0 aliphatic carbocycles. The summed E-state index contributed by atoms with van der Waals surface area (Å²) in [5.74, 6) is 0.449. The Hall–Kier alpha value is -1.07. The van der Waals surface area contributed by atoms with Crippen molar-refractivity contribution >= 4 is 15.7 Å². The van der Waals surface area contributed by atoms with Gasteiger partial charge in [0, 0.05) is 5.56 Å². The van der Waals surface area contributed by atoms with E-state index in [9.17, 15) is 8.42 Å².